The van der Waals surface area contributed by atoms with Crippen molar-refractivity contribution in [2.45, 2.75) is 52.1 Å². The molecule has 2 amide bonds. The van der Waals surface area contributed by atoms with Gasteiger partial charge in [0.1, 0.15) is 11.9 Å². The summed E-state index contributed by atoms with van der Waals surface area (Å²) in [5, 5.41) is 2.88. The van der Waals surface area contributed by atoms with Crippen molar-refractivity contribution in [3.8, 4) is 0 Å². The summed E-state index contributed by atoms with van der Waals surface area (Å²) in [5.74, 6) is 0.330. The maximum Gasteiger partial charge on any atom is 0.242 e. The van der Waals surface area contributed by atoms with Crippen LogP contribution in [0, 0.1) is 12.7 Å². The predicted octanol–water partition coefficient (Wildman–Crippen LogP) is 4.31. The number of halogens is 1. The summed E-state index contributed by atoms with van der Waals surface area (Å²) in [5.41, 5.74) is 3.09. The summed E-state index contributed by atoms with van der Waals surface area (Å²) in [7, 11) is 0. The Kier molecular flexibility index (Phi) is 8.70. The number of hydrogen-bond acceptors (Lipinski definition) is 3. The van der Waals surface area contributed by atoms with Gasteiger partial charge in [0.05, 0.1) is 5.75 Å². The molecule has 0 fully saturated rings. The highest BCUT2D eigenvalue weighted by Crippen LogP contribution is 2.17. The third-order valence-corrected chi connectivity index (χ3v) is 5.47. The summed E-state index contributed by atoms with van der Waals surface area (Å²) in [6, 6.07) is 13.7. The van der Waals surface area contributed by atoms with Crippen LogP contribution in [0.3, 0.4) is 0 Å². The van der Waals surface area contributed by atoms with Crippen LogP contribution in [-0.2, 0) is 21.9 Å². The van der Waals surface area contributed by atoms with Crippen molar-refractivity contribution in [3.63, 3.8) is 0 Å². The maximum absolute atomic E-state index is 13.0. The number of hydrogen-bond donors (Lipinski definition) is 1. The fraction of sp³-hybridized carbons (Fsp3) is 0.391. The smallest absolute Gasteiger partial charge is 0.242 e. The SMILES string of the molecule is Cc1ccc(CN(C(=O)CSCc2ccc(F)cc2)[C@@H](C)C(=O)NC(C)C)cc1. The van der Waals surface area contributed by atoms with E-state index in [9.17, 15) is 14.0 Å². The minimum atomic E-state index is -0.572. The number of aryl methyl sites for hydroxylation is 1. The van der Waals surface area contributed by atoms with Crippen LogP contribution in [0.4, 0.5) is 4.39 Å². The fourth-order valence-corrected chi connectivity index (χ4v) is 3.67. The van der Waals surface area contributed by atoms with Crippen LogP contribution >= 0.6 is 11.8 Å². The number of carbonyl (C=O) groups is 2. The summed E-state index contributed by atoms with van der Waals surface area (Å²) in [6.07, 6.45) is 0. The van der Waals surface area contributed by atoms with Crippen molar-refractivity contribution in [2.24, 2.45) is 0 Å². The monoisotopic (exact) mass is 416 g/mol. The van der Waals surface area contributed by atoms with Crippen molar-refractivity contribution in [3.05, 3.63) is 71.0 Å². The van der Waals surface area contributed by atoms with Gasteiger partial charge >= 0.3 is 0 Å². The first-order valence-corrected chi connectivity index (χ1v) is 10.9. The molecule has 0 spiro atoms. The van der Waals surface area contributed by atoms with E-state index in [1.54, 1.807) is 24.0 Å². The Hall–Kier alpha value is -2.34. The fourth-order valence-electron chi connectivity index (χ4n) is 2.80. The predicted molar refractivity (Wildman–Crippen MR) is 117 cm³/mol. The van der Waals surface area contributed by atoms with Gasteiger partial charge in [-0.05, 0) is 51.0 Å². The van der Waals surface area contributed by atoms with Crippen LogP contribution in [-0.4, -0.2) is 34.6 Å². The third kappa shape index (κ3) is 7.54. The lowest BCUT2D eigenvalue weighted by Gasteiger charge is -2.29. The van der Waals surface area contributed by atoms with E-state index in [0.29, 0.717) is 12.3 Å². The van der Waals surface area contributed by atoms with E-state index >= 15 is 0 Å². The Morgan fingerprint density at radius 1 is 1.00 bits per heavy atom. The standard InChI is InChI=1S/C23H29FN2O2S/c1-16(2)25-23(28)18(4)26(13-19-7-5-17(3)6-8-19)22(27)15-29-14-20-9-11-21(24)12-10-20/h5-12,16,18H,13-15H2,1-4H3,(H,25,28)/t18-/m0/s1. The van der Waals surface area contributed by atoms with E-state index in [-0.39, 0.29) is 29.4 Å². The molecule has 0 heterocycles. The second-order valence-electron chi connectivity index (χ2n) is 7.47. The summed E-state index contributed by atoms with van der Waals surface area (Å²) in [6.45, 7) is 7.94. The topological polar surface area (TPSA) is 49.4 Å². The van der Waals surface area contributed by atoms with Crippen LogP contribution in [0.25, 0.3) is 0 Å². The van der Waals surface area contributed by atoms with Crippen molar-refractivity contribution in [2.75, 3.05) is 5.75 Å². The molecule has 0 aliphatic carbocycles. The summed E-state index contributed by atoms with van der Waals surface area (Å²) >= 11 is 1.46. The van der Waals surface area contributed by atoms with Crippen LogP contribution in [0.15, 0.2) is 48.5 Å². The van der Waals surface area contributed by atoms with Crippen LogP contribution < -0.4 is 5.32 Å². The van der Waals surface area contributed by atoms with E-state index in [0.717, 1.165) is 16.7 Å². The minimum Gasteiger partial charge on any atom is -0.352 e. The number of nitrogens with one attached hydrogen (secondary N) is 1. The zero-order valence-corrected chi connectivity index (χ0v) is 18.3. The Morgan fingerprint density at radius 2 is 1.59 bits per heavy atom. The number of benzene rings is 2. The second-order valence-corrected chi connectivity index (χ2v) is 8.45. The normalized spacial score (nSPS) is 11.9. The maximum atomic E-state index is 13.0. The highest BCUT2D eigenvalue weighted by atomic mass is 32.2. The molecule has 2 rings (SSSR count). The van der Waals surface area contributed by atoms with Crippen molar-refractivity contribution in [1.82, 2.24) is 10.2 Å². The molecule has 0 saturated carbocycles. The molecule has 0 aliphatic rings. The average molecular weight is 417 g/mol. The molecule has 0 unspecified atom stereocenters. The van der Waals surface area contributed by atoms with Gasteiger partial charge in [-0.3, -0.25) is 9.59 Å². The Labute approximate surface area is 176 Å². The zero-order chi connectivity index (χ0) is 21.4. The molecule has 0 bridgehead atoms. The first-order chi connectivity index (χ1) is 13.8. The molecule has 4 nitrogen and oxygen atoms in total. The minimum absolute atomic E-state index is 0.00845. The van der Waals surface area contributed by atoms with Crippen molar-refractivity contribution >= 4 is 23.6 Å². The van der Waals surface area contributed by atoms with Gasteiger partial charge in [-0.15, -0.1) is 11.8 Å². The average Bonchev–Trinajstić information content (AvgIpc) is 2.68. The largest absolute Gasteiger partial charge is 0.352 e. The van der Waals surface area contributed by atoms with Gasteiger partial charge in [-0.25, -0.2) is 4.39 Å². The Morgan fingerprint density at radius 3 is 2.17 bits per heavy atom. The highest BCUT2D eigenvalue weighted by molar-refractivity contribution is 7.99. The molecule has 1 atom stereocenters. The lowest BCUT2D eigenvalue weighted by molar-refractivity contribution is -0.138. The van der Waals surface area contributed by atoms with Gasteiger partial charge in [0.25, 0.3) is 0 Å². The Bertz CT molecular complexity index is 807. The number of thioether (sulfide) groups is 1. The number of rotatable bonds is 9. The second kappa shape index (κ2) is 11.0. The van der Waals surface area contributed by atoms with E-state index in [4.69, 9.17) is 0 Å². The lowest BCUT2D eigenvalue weighted by Crippen LogP contribution is -2.49. The van der Waals surface area contributed by atoms with E-state index in [2.05, 4.69) is 5.32 Å². The Balaban J connectivity index is 2.05. The number of amides is 2. The van der Waals surface area contributed by atoms with E-state index < -0.39 is 6.04 Å². The molecule has 6 heteroatoms. The van der Waals surface area contributed by atoms with Crippen LogP contribution in [0.5, 0.6) is 0 Å². The molecular weight excluding hydrogens is 387 g/mol. The molecule has 1 N–H and O–H groups in total. The van der Waals surface area contributed by atoms with E-state index in [1.165, 1.54) is 23.9 Å². The van der Waals surface area contributed by atoms with Gasteiger partial charge in [0.2, 0.25) is 11.8 Å². The van der Waals surface area contributed by atoms with Crippen molar-refractivity contribution in [1.29, 1.82) is 0 Å². The molecule has 0 radical (unpaired) electrons. The first-order valence-electron chi connectivity index (χ1n) is 9.74. The molecule has 0 aromatic heterocycles. The summed E-state index contributed by atoms with van der Waals surface area (Å²) < 4.78 is 13.0. The van der Waals surface area contributed by atoms with Gasteiger partial charge < -0.3 is 10.2 Å². The highest BCUT2D eigenvalue weighted by Gasteiger charge is 2.26. The summed E-state index contributed by atoms with van der Waals surface area (Å²) in [4.78, 5) is 27.1. The first kappa shape index (κ1) is 22.9. The quantitative estimate of drug-likeness (QED) is 0.663. The van der Waals surface area contributed by atoms with E-state index in [1.807, 2.05) is 45.0 Å². The molecule has 156 valence electrons. The molecule has 2 aromatic carbocycles. The molecule has 2 aromatic rings. The van der Waals surface area contributed by atoms with Gasteiger partial charge in [0, 0.05) is 18.3 Å². The zero-order valence-electron chi connectivity index (χ0n) is 17.4. The van der Waals surface area contributed by atoms with Gasteiger partial charge in [-0.1, -0.05) is 42.0 Å². The molecule has 0 aliphatic heterocycles. The van der Waals surface area contributed by atoms with Gasteiger partial charge in [-0.2, -0.15) is 0 Å². The third-order valence-electron chi connectivity index (χ3n) is 4.48. The van der Waals surface area contributed by atoms with Gasteiger partial charge in [0.15, 0.2) is 0 Å². The molecule has 0 saturated heterocycles. The van der Waals surface area contributed by atoms with Crippen LogP contribution in [0.1, 0.15) is 37.5 Å². The van der Waals surface area contributed by atoms with Crippen molar-refractivity contribution < 1.29 is 14.0 Å². The lowest BCUT2D eigenvalue weighted by atomic mass is 10.1. The number of nitrogens with zero attached hydrogens (tertiary/aromatic N) is 1. The number of carbonyl (C=O) groups excluding carboxylic acids is 2. The van der Waals surface area contributed by atoms with Crippen LogP contribution in [0.2, 0.25) is 0 Å². The molecule has 29 heavy (non-hydrogen) atoms. The molecular formula is C23H29FN2O2S.